The van der Waals surface area contributed by atoms with E-state index < -0.39 is 10.0 Å². The molecule has 0 bridgehead atoms. The van der Waals surface area contributed by atoms with Crippen LogP contribution in [0.15, 0.2) is 53.4 Å². The topological polar surface area (TPSA) is 66.5 Å². The lowest BCUT2D eigenvalue weighted by molar-refractivity contribution is -0.121. The van der Waals surface area contributed by atoms with Crippen molar-refractivity contribution in [3.8, 4) is 0 Å². The lowest BCUT2D eigenvalue weighted by Gasteiger charge is -2.33. The van der Waals surface area contributed by atoms with Crippen molar-refractivity contribution in [2.45, 2.75) is 56.5 Å². The van der Waals surface area contributed by atoms with Gasteiger partial charge in [0.1, 0.15) is 0 Å². The molecule has 2 aromatic rings. The number of nitrogens with zero attached hydrogens (tertiary/aromatic N) is 1. The molecule has 5 nitrogen and oxygen atoms in total. The summed E-state index contributed by atoms with van der Waals surface area (Å²) in [6, 6.07) is 13.9. The van der Waals surface area contributed by atoms with Gasteiger partial charge in [-0.2, -0.15) is 4.31 Å². The molecule has 1 aliphatic carbocycles. The Balaban J connectivity index is 1.77. The van der Waals surface area contributed by atoms with E-state index in [4.69, 9.17) is 11.6 Å². The number of amides is 1. The summed E-state index contributed by atoms with van der Waals surface area (Å²) in [5.41, 5.74) is 1.79. The van der Waals surface area contributed by atoms with E-state index in [1.807, 2.05) is 25.1 Å². The normalized spacial score (nSPS) is 15.4. The SMILES string of the molecule is Cc1ccc(S(=O)(=O)N(CC(=O)NCc2ccccc2Cl)C2CCCCC2)cc1. The highest BCUT2D eigenvalue weighted by molar-refractivity contribution is 7.89. The molecule has 156 valence electrons. The first kappa shape index (κ1) is 21.8. The van der Waals surface area contributed by atoms with Gasteiger partial charge in [-0.3, -0.25) is 4.79 Å². The van der Waals surface area contributed by atoms with Crippen LogP contribution in [0.2, 0.25) is 5.02 Å². The van der Waals surface area contributed by atoms with E-state index in [0.29, 0.717) is 5.02 Å². The maximum absolute atomic E-state index is 13.3. The summed E-state index contributed by atoms with van der Waals surface area (Å²) in [7, 11) is -3.76. The van der Waals surface area contributed by atoms with Gasteiger partial charge in [-0.15, -0.1) is 0 Å². The average Bonchev–Trinajstić information content (AvgIpc) is 2.72. The van der Waals surface area contributed by atoms with Crippen LogP contribution in [-0.4, -0.2) is 31.2 Å². The highest BCUT2D eigenvalue weighted by Crippen LogP contribution is 2.28. The van der Waals surface area contributed by atoms with Crippen LogP contribution in [-0.2, 0) is 21.4 Å². The van der Waals surface area contributed by atoms with Crippen molar-refractivity contribution in [2.24, 2.45) is 0 Å². The molecule has 0 saturated heterocycles. The van der Waals surface area contributed by atoms with Gasteiger partial charge in [0.25, 0.3) is 0 Å². The third-order valence-corrected chi connectivity index (χ3v) is 7.62. The molecule has 29 heavy (non-hydrogen) atoms. The van der Waals surface area contributed by atoms with E-state index in [-0.39, 0.29) is 29.9 Å². The molecule has 0 aromatic heterocycles. The summed E-state index contributed by atoms with van der Waals surface area (Å²) in [6.45, 7) is 1.99. The van der Waals surface area contributed by atoms with Crippen LogP contribution < -0.4 is 5.32 Å². The predicted octanol–water partition coefficient (Wildman–Crippen LogP) is 4.29. The second-order valence-corrected chi connectivity index (χ2v) is 9.82. The Kier molecular flexibility index (Phi) is 7.33. The van der Waals surface area contributed by atoms with Gasteiger partial charge in [0.2, 0.25) is 15.9 Å². The number of nitrogens with one attached hydrogen (secondary N) is 1. The third kappa shape index (κ3) is 5.59. The highest BCUT2D eigenvalue weighted by Gasteiger charge is 2.33. The molecule has 0 atom stereocenters. The molecule has 0 heterocycles. The van der Waals surface area contributed by atoms with Crippen molar-refractivity contribution < 1.29 is 13.2 Å². The summed E-state index contributed by atoms with van der Waals surface area (Å²) in [6.07, 6.45) is 4.62. The molecule has 1 N–H and O–H groups in total. The second kappa shape index (κ2) is 9.74. The molecule has 3 rings (SSSR count). The van der Waals surface area contributed by atoms with Gasteiger partial charge in [-0.1, -0.05) is 66.8 Å². The van der Waals surface area contributed by atoms with Gasteiger partial charge in [0.15, 0.2) is 0 Å². The van der Waals surface area contributed by atoms with Gasteiger partial charge >= 0.3 is 0 Å². The minimum absolute atomic E-state index is 0.152. The number of hydrogen-bond donors (Lipinski definition) is 1. The van der Waals surface area contributed by atoms with Gasteiger partial charge in [-0.25, -0.2) is 8.42 Å². The Bertz CT molecular complexity index is 939. The number of sulfonamides is 1. The van der Waals surface area contributed by atoms with Crippen molar-refractivity contribution in [3.05, 3.63) is 64.7 Å². The zero-order chi connectivity index (χ0) is 20.9. The minimum atomic E-state index is -3.76. The van der Waals surface area contributed by atoms with Crippen molar-refractivity contribution in [3.63, 3.8) is 0 Å². The average molecular weight is 435 g/mol. The Labute approximate surface area is 178 Å². The van der Waals surface area contributed by atoms with Crippen molar-refractivity contribution in [2.75, 3.05) is 6.54 Å². The Morgan fingerprint density at radius 3 is 2.38 bits per heavy atom. The highest BCUT2D eigenvalue weighted by atomic mass is 35.5. The zero-order valence-electron chi connectivity index (χ0n) is 16.6. The van der Waals surface area contributed by atoms with Gasteiger partial charge in [-0.05, 0) is 43.5 Å². The standard InChI is InChI=1S/C22H27ClN2O3S/c1-17-11-13-20(14-12-17)29(27,28)25(19-8-3-2-4-9-19)16-22(26)24-15-18-7-5-6-10-21(18)23/h5-7,10-14,19H,2-4,8-9,15-16H2,1H3,(H,24,26). The molecule has 0 spiro atoms. The molecule has 1 aliphatic rings. The van der Waals surface area contributed by atoms with Crippen LogP contribution in [0.1, 0.15) is 43.2 Å². The van der Waals surface area contributed by atoms with E-state index in [1.54, 1.807) is 30.3 Å². The maximum atomic E-state index is 13.3. The van der Waals surface area contributed by atoms with Gasteiger partial charge < -0.3 is 5.32 Å². The first-order valence-electron chi connectivity index (χ1n) is 9.96. The first-order valence-corrected chi connectivity index (χ1v) is 11.8. The fourth-order valence-electron chi connectivity index (χ4n) is 3.66. The maximum Gasteiger partial charge on any atom is 0.243 e. The number of aryl methyl sites for hydroxylation is 1. The number of halogens is 1. The molecule has 0 radical (unpaired) electrons. The first-order chi connectivity index (χ1) is 13.9. The molecule has 1 amide bonds. The summed E-state index contributed by atoms with van der Waals surface area (Å²) in [4.78, 5) is 12.9. The van der Waals surface area contributed by atoms with Crippen molar-refractivity contribution in [1.29, 1.82) is 0 Å². The minimum Gasteiger partial charge on any atom is -0.351 e. The zero-order valence-corrected chi connectivity index (χ0v) is 18.2. The lowest BCUT2D eigenvalue weighted by atomic mass is 9.95. The smallest absolute Gasteiger partial charge is 0.243 e. The molecule has 0 unspecified atom stereocenters. The quantitative estimate of drug-likeness (QED) is 0.706. The molecular formula is C22H27ClN2O3S. The number of hydrogen-bond acceptors (Lipinski definition) is 3. The number of carbonyl (C=O) groups excluding carboxylic acids is 1. The van der Waals surface area contributed by atoms with E-state index in [2.05, 4.69) is 5.32 Å². The lowest BCUT2D eigenvalue weighted by Crippen LogP contribution is -2.46. The molecule has 0 aliphatic heterocycles. The monoisotopic (exact) mass is 434 g/mol. The molecule has 1 saturated carbocycles. The molecule has 7 heteroatoms. The summed E-state index contributed by atoms with van der Waals surface area (Å²) >= 11 is 6.14. The predicted molar refractivity (Wildman–Crippen MR) is 115 cm³/mol. The van der Waals surface area contributed by atoms with Crippen molar-refractivity contribution in [1.82, 2.24) is 9.62 Å². The fourth-order valence-corrected chi connectivity index (χ4v) is 5.50. The largest absolute Gasteiger partial charge is 0.351 e. The molecule has 1 fully saturated rings. The van der Waals surface area contributed by atoms with Crippen LogP contribution in [0.4, 0.5) is 0 Å². The number of carbonyl (C=O) groups is 1. The van der Waals surface area contributed by atoms with E-state index >= 15 is 0 Å². The Morgan fingerprint density at radius 2 is 1.72 bits per heavy atom. The number of rotatable bonds is 7. The van der Waals surface area contributed by atoms with Crippen LogP contribution >= 0.6 is 11.6 Å². The van der Waals surface area contributed by atoms with Crippen LogP contribution in [0, 0.1) is 6.92 Å². The Hall–Kier alpha value is -1.89. The van der Waals surface area contributed by atoms with Gasteiger partial charge in [0.05, 0.1) is 11.4 Å². The van der Waals surface area contributed by atoms with E-state index in [0.717, 1.165) is 43.2 Å². The second-order valence-electron chi connectivity index (χ2n) is 7.52. The summed E-state index contributed by atoms with van der Waals surface area (Å²) in [5.74, 6) is -0.328. The molecular weight excluding hydrogens is 408 g/mol. The summed E-state index contributed by atoms with van der Waals surface area (Å²) in [5, 5.41) is 3.39. The van der Waals surface area contributed by atoms with E-state index in [9.17, 15) is 13.2 Å². The fraction of sp³-hybridized carbons (Fsp3) is 0.409. The van der Waals surface area contributed by atoms with Crippen molar-refractivity contribution >= 4 is 27.5 Å². The van der Waals surface area contributed by atoms with E-state index in [1.165, 1.54) is 4.31 Å². The van der Waals surface area contributed by atoms with Gasteiger partial charge in [0, 0.05) is 17.6 Å². The van der Waals surface area contributed by atoms with Crippen LogP contribution in [0.5, 0.6) is 0 Å². The van der Waals surface area contributed by atoms with Crippen LogP contribution in [0.3, 0.4) is 0 Å². The summed E-state index contributed by atoms with van der Waals surface area (Å²) < 4.78 is 28.1. The number of benzene rings is 2. The Morgan fingerprint density at radius 1 is 1.07 bits per heavy atom. The molecule has 2 aromatic carbocycles. The third-order valence-electron chi connectivity index (χ3n) is 5.34. The van der Waals surface area contributed by atoms with Crippen LogP contribution in [0.25, 0.3) is 0 Å².